The molecule has 0 aliphatic heterocycles. The molecule has 10 heteroatoms. The summed E-state index contributed by atoms with van der Waals surface area (Å²) in [5, 5.41) is 14.3. The second kappa shape index (κ2) is 11.1. The average Bonchev–Trinajstić information content (AvgIpc) is 3.18. The van der Waals surface area contributed by atoms with E-state index in [0.717, 1.165) is 11.8 Å². The number of halogens is 2. The Kier molecular flexibility index (Phi) is 8.18. The Morgan fingerprint density at radius 1 is 1.25 bits per heavy atom. The highest BCUT2D eigenvalue weighted by Crippen LogP contribution is 2.23. The van der Waals surface area contributed by atoms with Gasteiger partial charge in [0.05, 0.1) is 17.5 Å². The number of amides is 2. The van der Waals surface area contributed by atoms with E-state index in [-0.39, 0.29) is 23.3 Å². The van der Waals surface area contributed by atoms with Gasteiger partial charge < -0.3 is 15.2 Å². The van der Waals surface area contributed by atoms with Crippen LogP contribution in [0.4, 0.5) is 10.1 Å². The van der Waals surface area contributed by atoms with Crippen LogP contribution >= 0.6 is 27.7 Å². The van der Waals surface area contributed by atoms with E-state index >= 15 is 0 Å². The maximum Gasteiger partial charge on any atom is 0.251 e. The van der Waals surface area contributed by atoms with E-state index in [2.05, 4.69) is 43.3 Å². The molecule has 0 unspecified atom stereocenters. The van der Waals surface area contributed by atoms with E-state index in [1.54, 1.807) is 41.0 Å². The number of rotatable bonds is 9. The van der Waals surface area contributed by atoms with Crippen molar-refractivity contribution in [3.05, 3.63) is 82.9 Å². The van der Waals surface area contributed by atoms with E-state index in [4.69, 9.17) is 0 Å². The molecule has 0 saturated carbocycles. The van der Waals surface area contributed by atoms with Crippen LogP contribution in [-0.4, -0.2) is 32.3 Å². The zero-order chi connectivity index (χ0) is 23.1. The minimum absolute atomic E-state index is 0.00946. The van der Waals surface area contributed by atoms with Crippen molar-refractivity contribution in [1.29, 1.82) is 0 Å². The highest BCUT2D eigenvalue weighted by Gasteiger charge is 2.20. The summed E-state index contributed by atoms with van der Waals surface area (Å²) in [6.45, 7) is 5.97. The lowest BCUT2D eigenvalue weighted by Crippen LogP contribution is -2.28. The molecule has 0 saturated heterocycles. The second-order valence-electron chi connectivity index (χ2n) is 6.76. The third-order valence-electron chi connectivity index (χ3n) is 4.37. The van der Waals surface area contributed by atoms with Gasteiger partial charge in [-0.05, 0) is 37.3 Å². The summed E-state index contributed by atoms with van der Waals surface area (Å²) in [5.74, 6) is -0.586. The first-order chi connectivity index (χ1) is 15.4. The second-order valence-corrected chi connectivity index (χ2v) is 8.62. The van der Waals surface area contributed by atoms with Gasteiger partial charge in [0.15, 0.2) is 11.0 Å². The quantitative estimate of drug-likeness (QED) is 0.320. The maximum atomic E-state index is 13.9. The molecule has 3 rings (SSSR count). The Hall–Kier alpha value is -2.98. The molecule has 1 heterocycles. The van der Waals surface area contributed by atoms with Gasteiger partial charge in [0.25, 0.3) is 5.91 Å². The molecular formula is C22H21BrFN5O2S. The van der Waals surface area contributed by atoms with Crippen LogP contribution in [0.2, 0.25) is 0 Å². The van der Waals surface area contributed by atoms with Crippen molar-refractivity contribution in [1.82, 2.24) is 20.1 Å². The molecule has 0 bridgehead atoms. The van der Waals surface area contributed by atoms with Crippen molar-refractivity contribution < 1.29 is 14.0 Å². The largest absolute Gasteiger partial charge is 0.342 e. The summed E-state index contributed by atoms with van der Waals surface area (Å²) in [6.07, 6.45) is 1.68. The lowest BCUT2D eigenvalue weighted by atomic mass is 10.2. The first-order valence-electron chi connectivity index (χ1n) is 9.66. The van der Waals surface area contributed by atoms with E-state index in [0.29, 0.717) is 27.6 Å². The zero-order valence-electron chi connectivity index (χ0n) is 17.2. The number of hydrogen-bond donors (Lipinski definition) is 2. The van der Waals surface area contributed by atoms with Crippen molar-refractivity contribution in [3.63, 3.8) is 0 Å². The fraction of sp³-hybridized carbons (Fsp3) is 0.182. The molecule has 0 radical (unpaired) electrons. The minimum atomic E-state index is -0.530. The van der Waals surface area contributed by atoms with Crippen LogP contribution in [0.3, 0.4) is 0 Å². The van der Waals surface area contributed by atoms with Crippen LogP contribution in [0.1, 0.15) is 29.1 Å². The molecule has 2 N–H and O–H groups in total. The average molecular weight is 518 g/mol. The SMILES string of the molecule is C=CCn1c(SCC(=O)Nc2ccc(Br)cc2F)nnc1[C@@H](C)NC(=O)c1ccccc1. The predicted octanol–water partition coefficient (Wildman–Crippen LogP) is 4.59. The van der Waals surface area contributed by atoms with Crippen LogP contribution < -0.4 is 10.6 Å². The first kappa shape index (κ1) is 23.7. The number of allylic oxidation sites excluding steroid dienone is 1. The summed E-state index contributed by atoms with van der Waals surface area (Å²) >= 11 is 4.34. The van der Waals surface area contributed by atoms with Crippen LogP contribution in [0.5, 0.6) is 0 Å². The lowest BCUT2D eigenvalue weighted by molar-refractivity contribution is -0.113. The third kappa shape index (κ3) is 6.04. The van der Waals surface area contributed by atoms with E-state index < -0.39 is 11.9 Å². The number of nitrogens with zero attached hydrogens (tertiary/aromatic N) is 3. The number of anilines is 1. The number of carbonyl (C=O) groups is 2. The number of hydrogen-bond acceptors (Lipinski definition) is 5. The monoisotopic (exact) mass is 517 g/mol. The van der Waals surface area contributed by atoms with Crippen molar-refractivity contribution >= 4 is 45.2 Å². The Morgan fingerprint density at radius 2 is 2.00 bits per heavy atom. The van der Waals surface area contributed by atoms with Crippen molar-refractivity contribution in [2.45, 2.75) is 24.7 Å². The molecule has 3 aromatic rings. The standard InChI is InChI=1S/C22H21BrFN5O2S/c1-3-11-29-20(14(2)25-21(31)15-7-5-4-6-8-15)27-28-22(29)32-13-19(30)26-18-10-9-16(23)12-17(18)24/h3-10,12,14H,1,11,13H2,2H3,(H,25,31)(H,26,30)/t14-/m1/s1. The van der Waals surface area contributed by atoms with Gasteiger partial charge in [0.1, 0.15) is 5.82 Å². The molecule has 32 heavy (non-hydrogen) atoms. The first-order valence-corrected chi connectivity index (χ1v) is 11.4. The van der Waals surface area contributed by atoms with Gasteiger partial charge in [-0.1, -0.05) is 52.0 Å². The van der Waals surface area contributed by atoms with Crippen LogP contribution in [0.25, 0.3) is 0 Å². The van der Waals surface area contributed by atoms with Crippen molar-refractivity contribution in [2.24, 2.45) is 0 Å². The Balaban J connectivity index is 1.66. The highest BCUT2D eigenvalue weighted by molar-refractivity contribution is 9.10. The molecule has 2 aromatic carbocycles. The topological polar surface area (TPSA) is 88.9 Å². The molecule has 0 fully saturated rings. The molecule has 1 aromatic heterocycles. The van der Waals surface area contributed by atoms with E-state index in [9.17, 15) is 14.0 Å². The smallest absolute Gasteiger partial charge is 0.251 e. The Morgan fingerprint density at radius 3 is 2.69 bits per heavy atom. The number of carbonyl (C=O) groups excluding carboxylic acids is 2. The summed E-state index contributed by atoms with van der Waals surface area (Å²) < 4.78 is 16.3. The van der Waals surface area contributed by atoms with Gasteiger partial charge in [-0.3, -0.25) is 9.59 Å². The minimum Gasteiger partial charge on any atom is -0.342 e. The molecule has 0 spiro atoms. The Labute approximate surface area is 197 Å². The molecule has 7 nitrogen and oxygen atoms in total. The molecule has 0 aliphatic carbocycles. The number of thioether (sulfide) groups is 1. The van der Waals surface area contributed by atoms with Crippen LogP contribution in [-0.2, 0) is 11.3 Å². The number of nitrogens with one attached hydrogen (secondary N) is 2. The van der Waals surface area contributed by atoms with Crippen molar-refractivity contribution in [2.75, 3.05) is 11.1 Å². The Bertz CT molecular complexity index is 1120. The zero-order valence-corrected chi connectivity index (χ0v) is 19.6. The highest BCUT2D eigenvalue weighted by atomic mass is 79.9. The van der Waals surface area contributed by atoms with Gasteiger partial charge >= 0.3 is 0 Å². The number of aromatic nitrogens is 3. The van der Waals surface area contributed by atoms with Crippen molar-refractivity contribution in [3.8, 4) is 0 Å². The summed E-state index contributed by atoms with van der Waals surface area (Å²) in [7, 11) is 0. The van der Waals surface area contributed by atoms with E-state index in [1.807, 2.05) is 13.0 Å². The van der Waals surface area contributed by atoms with E-state index in [1.165, 1.54) is 12.1 Å². The molecule has 1 atom stereocenters. The van der Waals surface area contributed by atoms with Gasteiger partial charge in [-0.15, -0.1) is 16.8 Å². The number of benzene rings is 2. The van der Waals surface area contributed by atoms with Crippen LogP contribution in [0.15, 0.2) is 70.8 Å². The predicted molar refractivity (Wildman–Crippen MR) is 126 cm³/mol. The van der Waals surface area contributed by atoms with Gasteiger partial charge in [-0.2, -0.15) is 0 Å². The molecule has 166 valence electrons. The fourth-order valence-corrected chi connectivity index (χ4v) is 3.96. The fourth-order valence-electron chi connectivity index (χ4n) is 2.87. The normalized spacial score (nSPS) is 11.6. The summed E-state index contributed by atoms with van der Waals surface area (Å²) in [5.41, 5.74) is 0.643. The van der Waals surface area contributed by atoms with Gasteiger partial charge in [0.2, 0.25) is 5.91 Å². The molecule has 0 aliphatic rings. The molecule has 2 amide bonds. The third-order valence-corrected chi connectivity index (χ3v) is 5.83. The van der Waals surface area contributed by atoms with Crippen LogP contribution in [0, 0.1) is 5.82 Å². The van der Waals surface area contributed by atoms with Gasteiger partial charge in [0, 0.05) is 16.6 Å². The van der Waals surface area contributed by atoms with Gasteiger partial charge in [-0.25, -0.2) is 4.39 Å². The summed E-state index contributed by atoms with van der Waals surface area (Å²) in [4.78, 5) is 24.8. The molecular weight excluding hydrogens is 497 g/mol. The lowest BCUT2D eigenvalue weighted by Gasteiger charge is -2.15. The summed E-state index contributed by atoms with van der Waals surface area (Å²) in [6, 6.07) is 12.9. The maximum absolute atomic E-state index is 13.9.